The highest BCUT2D eigenvalue weighted by molar-refractivity contribution is 6.27. The van der Waals surface area contributed by atoms with E-state index in [0.717, 1.165) is 30.6 Å². The molecule has 3 saturated heterocycles. The van der Waals surface area contributed by atoms with Crippen molar-refractivity contribution in [2.45, 2.75) is 69.0 Å². The largest absolute Gasteiger partial charge is 0.450 e. The van der Waals surface area contributed by atoms with Crippen molar-refractivity contribution in [3.05, 3.63) is 65.2 Å². The lowest BCUT2D eigenvalue weighted by molar-refractivity contribution is -0.124. The maximum absolute atomic E-state index is 14.4. The summed E-state index contributed by atoms with van der Waals surface area (Å²) in [6, 6.07) is 9.88. The van der Waals surface area contributed by atoms with Gasteiger partial charge in [0.05, 0.1) is 17.7 Å². The molecule has 200 valence electrons. The topological polar surface area (TPSA) is 70.2 Å². The highest BCUT2D eigenvalue weighted by atomic mass is 19.1. The summed E-state index contributed by atoms with van der Waals surface area (Å²) in [6.45, 7) is 3.47. The van der Waals surface area contributed by atoms with E-state index in [-0.39, 0.29) is 29.6 Å². The zero-order valence-corrected chi connectivity index (χ0v) is 21.4. The Morgan fingerprint density at radius 2 is 1.58 bits per heavy atom. The van der Waals surface area contributed by atoms with Gasteiger partial charge in [0, 0.05) is 23.7 Å². The second kappa shape index (κ2) is 9.45. The highest BCUT2D eigenvalue weighted by Gasteiger charge is 2.55. The van der Waals surface area contributed by atoms with Gasteiger partial charge in [-0.2, -0.15) is 0 Å². The molecule has 9 heteroatoms. The molecule has 2 aromatic rings. The molecule has 3 fully saturated rings. The number of hydrogen-bond donors (Lipinski definition) is 0. The number of halogens is 2. The molecule has 0 aliphatic carbocycles. The van der Waals surface area contributed by atoms with Crippen LogP contribution in [0.25, 0.3) is 0 Å². The minimum atomic E-state index is -0.978. The summed E-state index contributed by atoms with van der Waals surface area (Å²) in [5, 5.41) is 0. The molecule has 4 aliphatic rings. The van der Waals surface area contributed by atoms with Gasteiger partial charge < -0.3 is 14.5 Å². The number of imide groups is 1. The van der Waals surface area contributed by atoms with Gasteiger partial charge in [0.15, 0.2) is 0 Å². The van der Waals surface area contributed by atoms with Crippen molar-refractivity contribution in [3.63, 3.8) is 0 Å². The van der Waals surface area contributed by atoms with Crippen molar-refractivity contribution in [2.24, 2.45) is 0 Å². The summed E-state index contributed by atoms with van der Waals surface area (Å²) in [5.74, 6) is -1.80. The lowest BCUT2D eigenvalue weighted by atomic mass is 9.73. The minimum absolute atomic E-state index is 0.167. The first-order chi connectivity index (χ1) is 18.3. The van der Waals surface area contributed by atoms with Gasteiger partial charge in [-0.25, -0.2) is 18.5 Å². The summed E-state index contributed by atoms with van der Waals surface area (Å²) >= 11 is 0. The summed E-state index contributed by atoms with van der Waals surface area (Å²) in [7, 11) is 0. The quantitative estimate of drug-likeness (QED) is 0.549. The Hall–Kier alpha value is -3.33. The van der Waals surface area contributed by atoms with Gasteiger partial charge in [0.1, 0.15) is 11.6 Å². The van der Waals surface area contributed by atoms with E-state index in [4.69, 9.17) is 4.74 Å². The zero-order chi connectivity index (χ0) is 26.6. The molecule has 2 atom stereocenters. The van der Waals surface area contributed by atoms with E-state index in [1.165, 1.54) is 42.5 Å². The number of anilines is 1. The third-order valence-corrected chi connectivity index (χ3v) is 8.98. The minimum Gasteiger partial charge on any atom is -0.450 e. The first-order valence-electron chi connectivity index (χ1n) is 13.5. The van der Waals surface area contributed by atoms with Crippen LogP contribution in [-0.2, 0) is 14.9 Å². The molecule has 7 nitrogen and oxygen atoms in total. The fourth-order valence-electron chi connectivity index (χ4n) is 7.15. The fraction of sp³-hybridized carbons (Fsp3) is 0.483. The summed E-state index contributed by atoms with van der Waals surface area (Å²) in [6.07, 6.45) is 4.42. The van der Waals surface area contributed by atoms with E-state index in [9.17, 15) is 23.2 Å². The van der Waals surface area contributed by atoms with Gasteiger partial charge >= 0.3 is 6.09 Å². The molecule has 2 bridgehead atoms. The van der Waals surface area contributed by atoms with Crippen molar-refractivity contribution in [1.29, 1.82) is 0 Å². The number of carbonyl (C=O) groups excluding carboxylic acids is 3. The molecule has 2 aromatic carbocycles. The zero-order valence-electron chi connectivity index (χ0n) is 21.4. The Kier molecular flexibility index (Phi) is 6.21. The van der Waals surface area contributed by atoms with Gasteiger partial charge in [-0.1, -0.05) is 0 Å². The molecule has 0 saturated carbocycles. The molecule has 0 radical (unpaired) electrons. The molecule has 1 spiro atoms. The van der Waals surface area contributed by atoms with Gasteiger partial charge in [-0.15, -0.1) is 0 Å². The highest BCUT2D eigenvalue weighted by Crippen LogP contribution is 2.50. The van der Waals surface area contributed by atoms with Gasteiger partial charge in [-0.05, 0) is 107 Å². The third-order valence-electron chi connectivity index (χ3n) is 8.98. The van der Waals surface area contributed by atoms with E-state index in [2.05, 4.69) is 4.90 Å². The Labute approximate surface area is 220 Å². The van der Waals surface area contributed by atoms with Crippen LogP contribution in [0.4, 0.5) is 19.3 Å². The average molecular weight is 524 g/mol. The van der Waals surface area contributed by atoms with Crippen molar-refractivity contribution in [3.8, 4) is 0 Å². The number of rotatable bonds is 3. The molecule has 6 rings (SSSR count). The van der Waals surface area contributed by atoms with Crippen molar-refractivity contribution >= 4 is 23.6 Å². The number of hydrogen-bond acceptors (Lipinski definition) is 5. The average Bonchev–Trinajstić information content (AvgIpc) is 3.31. The van der Waals surface area contributed by atoms with Gasteiger partial charge in [0.2, 0.25) is 5.91 Å². The Balaban J connectivity index is 1.22. The predicted molar refractivity (Wildman–Crippen MR) is 136 cm³/mol. The molecule has 0 N–H and O–H groups in total. The van der Waals surface area contributed by atoms with Crippen LogP contribution in [0.3, 0.4) is 0 Å². The van der Waals surface area contributed by atoms with Gasteiger partial charge in [-0.3, -0.25) is 9.59 Å². The molecule has 4 heterocycles. The number of ether oxygens (including phenoxy) is 1. The molecule has 38 heavy (non-hydrogen) atoms. The first kappa shape index (κ1) is 25.0. The molecular weight excluding hydrogens is 492 g/mol. The Morgan fingerprint density at radius 1 is 0.947 bits per heavy atom. The SMILES string of the molecule is CCOC(=O)N1C2CCC1CC(N1CCC3(CC1)C(=O)N(C(=O)c1ccc(F)cc1)c1ccc(F)cc13)C2. The van der Waals surface area contributed by atoms with Crippen LogP contribution < -0.4 is 4.90 Å². The van der Waals surface area contributed by atoms with E-state index in [1.807, 2.05) is 11.8 Å². The lowest BCUT2D eigenvalue weighted by Gasteiger charge is -2.46. The van der Waals surface area contributed by atoms with Crippen molar-refractivity contribution in [2.75, 3.05) is 24.6 Å². The molecule has 0 aromatic heterocycles. The van der Waals surface area contributed by atoms with E-state index < -0.39 is 23.0 Å². The first-order valence-corrected chi connectivity index (χ1v) is 13.5. The van der Waals surface area contributed by atoms with Crippen LogP contribution in [0.15, 0.2) is 42.5 Å². The monoisotopic (exact) mass is 523 g/mol. The van der Waals surface area contributed by atoms with E-state index >= 15 is 0 Å². The smallest absolute Gasteiger partial charge is 0.410 e. The standard InChI is InChI=1S/C29H31F2N3O4/c1-2-38-28(37)33-21-8-9-22(33)17-23(16-21)32-13-11-29(12-14-32)24-15-20(31)7-10-25(24)34(27(29)36)26(35)18-3-5-19(30)6-4-18/h3-7,10,15,21-23H,2,8-9,11-14,16-17H2,1H3. The van der Waals surface area contributed by atoms with E-state index in [1.54, 1.807) is 0 Å². The molecule has 4 aliphatic heterocycles. The number of nitrogens with zero attached hydrogens (tertiary/aromatic N) is 3. The summed E-state index contributed by atoms with van der Waals surface area (Å²) in [4.78, 5) is 45.3. The molecule has 2 unspecified atom stereocenters. The van der Waals surface area contributed by atoms with Gasteiger partial charge in [0.25, 0.3) is 5.91 Å². The second-order valence-electron chi connectivity index (χ2n) is 10.8. The number of amides is 3. The fourth-order valence-corrected chi connectivity index (χ4v) is 7.15. The van der Waals surface area contributed by atoms with Crippen molar-refractivity contribution < 1.29 is 27.9 Å². The maximum atomic E-state index is 14.4. The second-order valence-corrected chi connectivity index (χ2v) is 10.8. The molecule has 3 amide bonds. The van der Waals surface area contributed by atoms with Crippen LogP contribution in [0.2, 0.25) is 0 Å². The van der Waals surface area contributed by atoms with Crippen molar-refractivity contribution in [1.82, 2.24) is 9.80 Å². The number of piperidine rings is 2. The van der Waals surface area contributed by atoms with Crippen LogP contribution >= 0.6 is 0 Å². The summed E-state index contributed by atoms with van der Waals surface area (Å²) in [5.41, 5.74) is 0.178. The summed E-state index contributed by atoms with van der Waals surface area (Å²) < 4.78 is 33.2. The number of carbonyl (C=O) groups is 3. The lowest BCUT2D eigenvalue weighted by Crippen LogP contribution is -2.56. The van der Waals surface area contributed by atoms with Crippen LogP contribution in [0, 0.1) is 11.6 Å². The Bertz CT molecular complexity index is 1260. The van der Waals surface area contributed by atoms with Crippen LogP contribution in [0.1, 0.15) is 61.4 Å². The predicted octanol–water partition coefficient (Wildman–Crippen LogP) is 4.64. The number of likely N-dealkylation sites (tertiary alicyclic amines) is 1. The number of benzene rings is 2. The normalized spacial score (nSPS) is 26.1. The van der Waals surface area contributed by atoms with Crippen LogP contribution in [0.5, 0.6) is 0 Å². The molecular formula is C29H31F2N3O4. The Morgan fingerprint density at radius 3 is 2.21 bits per heavy atom. The number of fused-ring (bicyclic) bond motifs is 4. The van der Waals surface area contributed by atoms with E-state index in [0.29, 0.717) is 49.8 Å². The van der Waals surface area contributed by atoms with Crippen LogP contribution in [-0.4, -0.2) is 65.5 Å². The maximum Gasteiger partial charge on any atom is 0.410 e. The third kappa shape index (κ3) is 3.90.